The summed E-state index contributed by atoms with van der Waals surface area (Å²) in [5.41, 5.74) is 0. The Morgan fingerprint density at radius 3 is 1.61 bits per heavy atom. The molecule has 0 amide bonds. The van der Waals surface area contributed by atoms with Crippen LogP contribution in [0.1, 0.15) is 149 Å². The van der Waals surface area contributed by atoms with Crippen LogP contribution in [-0.2, 0) is 33.3 Å². The number of ether oxygens (including phenoxy) is 4. The van der Waals surface area contributed by atoms with Crippen LogP contribution in [0.25, 0.3) is 0 Å². The lowest BCUT2D eigenvalue weighted by molar-refractivity contribution is -0.870. The minimum Gasteiger partial charge on any atom is -0.545 e. The van der Waals surface area contributed by atoms with Crippen molar-refractivity contribution >= 4 is 17.9 Å². The summed E-state index contributed by atoms with van der Waals surface area (Å²) >= 11 is 0. The Bertz CT molecular complexity index is 780. The maximum absolute atomic E-state index is 12.6. The van der Waals surface area contributed by atoms with Gasteiger partial charge >= 0.3 is 11.9 Å². The summed E-state index contributed by atoms with van der Waals surface area (Å²) in [6.45, 7) is 4.61. The number of carboxylic acid groups (broad SMARTS) is 1. The van der Waals surface area contributed by atoms with Gasteiger partial charge in [0.2, 0.25) is 0 Å². The van der Waals surface area contributed by atoms with Gasteiger partial charge in [0.05, 0.1) is 40.3 Å². The summed E-state index contributed by atoms with van der Waals surface area (Å²) in [4.78, 5) is 36.4. The molecule has 46 heavy (non-hydrogen) atoms. The van der Waals surface area contributed by atoms with E-state index in [9.17, 15) is 19.5 Å². The molecule has 0 aromatic heterocycles. The second kappa shape index (κ2) is 30.4. The van der Waals surface area contributed by atoms with Crippen LogP contribution in [0.5, 0.6) is 0 Å². The molecule has 0 spiro atoms. The highest BCUT2D eigenvalue weighted by molar-refractivity contribution is 5.70. The number of aliphatic carboxylic acids is 1. The van der Waals surface area contributed by atoms with E-state index in [1.807, 2.05) is 21.1 Å². The molecule has 0 heterocycles. The number of unbranched alkanes of at least 4 members (excludes halogenated alkanes) is 16. The van der Waals surface area contributed by atoms with Crippen LogP contribution in [0.3, 0.4) is 0 Å². The molecule has 0 rings (SSSR count). The van der Waals surface area contributed by atoms with Crippen molar-refractivity contribution in [1.29, 1.82) is 0 Å². The molecule has 0 saturated carbocycles. The number of hydrogen-bond acceptors (Lipinski definition) is 8. The standard InChI is InChI=1S/C37H69NO8/c1-6-8-10-12-13-14-15-16-17-18-19-20-21-22-24-26-28-35(40)46-33(31-44-34(39)27-25-23-11-9-7-2)32-45-37(36(41)42)43-30-29-38(3,4)5/h17-18,33,37H,6-16,19-32H2,1-5H3/b18-17-. The number of nitrogens with zero attached hydrogens (tertiary/aromatic N) is 1. The zero-order valence-electron chi connectivity index (χ0n) is 30.2. The highest BCUT2D eigenvalue weighted by Gasteiger charge is 2.21. The van der Waals surface area contributed by atoms with Crippen molar-refractivity contribution in [3.63, 3.8) is 0 Å². The Hall–Kier alpha value is -1.97. The van der Waals surface area contributed by atoms with E-state index in [0.717, 1.165) is 64.2 Å². The second-order valence-corrected chi connectivity index (χ2v) is 13.5. The Balaban J connectivity index is 4.43. The van der Waals surface area contributed by atoms with Crippen LogP contribution in [0.2, 0.25) is 0 Å². The number of carbonyl (C=O) groups is 3. The zero-order chi connectivity index (χ0) is 34.3. The van der Waals surface area contributed by atoms with Gasteiger partial charge in [-0.1, -0.05) is 109 Å². The Labute approximate surface area is 281 Å². The third-order valence-corrected chi connectivity index (χ3v) is 7.76. The van der Waals surface area contributed by atoms with Crippen molar-refractivity contribution in [3.05, 3.63) is 12.2 Å². The predicted octanol–water partition coefficient (Wildman–Crippen LogP) is 7.04. The first-order valence-electron chi connectivity index (χ1n) is 18.3. The molecule has 0 aliphatic carbocycles. The Morgan fingerprint density at radius 2 is 1.11 bits per heavy atom. The Morgan fingerprint density at radius 1 is 0.630 bits per heavy atom. The van der Waals surface area contributed by atoms with Crippen LogP contribution in [0.4, 0.5) is 0 Å². The molecule has 2 atom stereocenters. The van der Waals surface area contributed by atoms with Gasteiger partial charge in [-0.3, -0.25) is 9.59 Å². The fraction of sp³-hybridized carbons (Fsp3) is 0.865. The summed E-state index contributed by atoms with van der Waals surface area (Å²) in [6.07, 6.45) is 24.3. The molecule has 9 heteroatoms. The number of rotatable bonds is 33. The van der Waals surface area contributed by atoms with E-state index in [4.69, 9.17) is 18.9 Å². The predicted molar refractivity (Wildman–Crippen MR) is 182 cm³/mol. The average molecular weight is 656 g/mol. The van der Waals surface area contributed by atoms with Crippen molar-refractivity contribution in [2.45, 2.75) is 161 Å². The van der Waals surface area contributed by atoms with Crippen LogP contribution >= 0.6 is 0 Å². The molecule has 0 bridgehead atoms. The van der Waals surface area contributed by atoms with Crippen molar-refractivity contribution in [3.8, 4) is 0 Å². The number of carboxylic acids is 1. The average Bonchev–Trinajstić information content (AvgIpc) is 3.00. The van der Waals surface area contributed by atoms with Crippen molar-refractivity contribution in [2.75, 3.05) is 47.5 Å². The molecule has 0 radical (unpaired) electrons. The summed E-state index contributed by atoms with van der Waals surface area (Å²) < 4.78 is 22.3. The van der Waals surface area contributed by atoms with E-state index in [-0.39, 0.29) is 38.6 Å². The van der Waals surface area contributed by atoms with Crippen molar-refractivity contribution in [2.24, 2.45) is 0 Å². The first-order chi connectivity index (χ1) is 22.1. The molecule has 9 nitrogen and oxygen atoms in total. The van der Waals surface area contributed by atoms with Gasteiger partial charge in [0.15, 0.2) is 12.4 Å². The summed E-state index contributed by atoms with van der Waals surface area (Å²) in [5, 5.41) is 11.6. The van der Waals surface area contributed by atoms with Crippen LogP contribution in [0, 0.1) is 0 Å². The van der Waals surface area contributed by atoms with Gasteiger partial charge in [-0.2, -0.15) is 0 Å². The molecule has 0 aromatic rings. The fourth-order valence-electron chi connectivity index (χ4n) is 4.82. The topological polar surface area (TPSA) is 111 Å². The minimum atomic E-state index is -1.61. The number of allylic oxidation sites excluding steroid dienone is 2. The lowest BCUT2D eigenvalue weighted by Gasteiger charge is -2.26. The van der Waals surface area contributed by atoms with E-state index in [2.05, 4.69) is 26.0 Å². The maximum Gasteiger partial charge on any atom is 0.306 e. The first-order valence-corrected chi connectivity index (χ1v) is 18.3. The van der Waals surface area contributed by atoms with E-state index in [0.29, 0.717) is 17.4 Å². The van der Waals surface area contributed by atoms with Crippen molar-refractivity contribution < 1.29 is 42.9 Å². The third kappa shape index (κ3) is 30.7. The number of esters is 2. The monoisotopic (exact) mass is 656 g/mol. The molecule has 0 aliphatic heterocycles. The first kappa shape index (κ1) is 44.0. The highest BCUT2D eigenvalue weighted by Crippen LogP contribution is 2.12. The molecule has 0 fully saturated rings. The quantitative estimate of drug-likeness (QED) is 0.0243. The molecule has 0 aromatic carbocycles. The molecule has 0 N–H and O–H groups in total. The van der Waals surface area contributed by atoms with Gasteiger partial charge in [-0.15, -0.1) is 0 Å². The normalized spacial score (nSPS) is 13.2. The minimum absolute atomic E-state index is 0.148. The second-order valence-electron chi connectivity index (χ2n) is 13.5. The van der Waals surface area contributed by atoms with E-state index < -0.39 is 24.3 Å². The molecule has 270 valence electrons. The molecular weight excluding hydrogens is 586 g/mol. The fourth-order valence-corrected chi connectivity index (χ4v) is 4.82. The van der Waals surface area contributed by atoms with Gasteiger partial charge in [-0.25, -0.2) is 0 Å². The highest BCUT2D eigenvalue weighted by atomic mass is 16.7. The largest absolute Gasteiger partial charge is 0.545 e. The SMILES string of the molecule is CCCCCCCCC/C=C\CCCCCCCC(=O)OC(COC(=O)CCCCCCC)COC(OCC[N+](C)(C)C)C(=O)[O-]. The zero-order valence-corrected chi connectivity index (χ0v) is 30.2. The molecular formula is C37H69NO8. The Kier molecular flexibility index (Phi) is 29.1. The summed E-state index contributed by atoms with van der Waals surface area (Å²) in [5.74, 6) is -2.31. The van der Waals surface area contributed by atoms with Gasteiger partial charge < -0.3 is 33.3 Å². The number of carbonyl (C=O) groups excluding carboxylic acids is 3. The smallest absolute Gasteiger partial charge is 0.306 e. The molecule has 2 unspecified atom stereocenters. The van der Waals surface area contributed by atoms with Crippen LogP contribution in [-0.4, -0.2) is 82.3 Å². The number of quaternary nitrogens is 1. The van der Waals surface area contributed by atoms with Gasteiger partial charge in [0, 0.05) is 12.8 Å². The maximum atomic E-state index is 12.6. The van der Waals surface area contributed by atoms with E-state index in [1.165, 1.54) is 51.4 Å². The summed E-state index contributed by atoms with van der Waals surface area (Å²) in [6, 6.07) is 0. The van der Waals surface area contributed by atoms with Crippen LogP contribution in [0.15, 0.2) is 12.2 Å². The van der Waals surface area contributed by atoms with Gasteiger partial charge in [-0.05, 0) is 38.5 Å². The molecule has 0 aliphatic rings. The number of hydrogen-bond donors (Lipinski definition) is 0. The van der Waals surface area contributed by atoms with Gasteiger partial charge in [0.1, 0.15) is 13.2 Å². The van der Waals surface area contributed by atoms with Crippen LogP contribution < -0.4 is 5.11 Å². The lowest BCUT2D eigenvalue weighted by atomic mass is 10.1. The summed E-state index contributed by atoms with van der Waals surface area (Å²) in [7, 11) is 5.88. The lowest BCUT2D eigenvalue weighted by Crippen LogP contribution is -2.44. The van der Waals surface area contributed by atoms with E-state index >= 15 is 0 Å². The third-order valence-electron chi connectivity index (χ3n) is 7.76. The number of likely N-dealkylation sites (N-methyl/N-ethyl adjacent to an activating group) is 1. The van der Waals surface area contributed by atoms with Gasteiger partial charge in [0.25, 0.3) is 0 Å². The molecule has 0 saturated heterocycles. The van der Waals surface area contributed by atoms with Crippen molar-refractivity contribution in [1.82, 2.24) is 0 Å². The van der Waals surface area contributed by atoms with E-state index in [1.54, 1.807) is 0 Å².